The molecular weight excluding hydrogens is 200 g/mol. The van der Waals surface area contributed by atoms with E-state index >= 15 is 0 Å². The van der Waals surface area contributed by atoms with Crippen molar-refractivity contribution in [1.82, 2.24) is 10.6 Å². The van der Waals surface area contributed by atoms with Crippen LogP contribution >= 0.6 is 0 Å². The van der Waals surface area contributed by atoms with Crippen molar-refractivity contribution in [2.75, 3.05) is 19.6 Å². The molecular formula is C13H26N2O. The summed E-state index contributed by atoms with van der Waals surface area (Å²) in [5.74, 6) is 0.195. The Bertz CT molecular complexity index is 210. The van der Waals surface area contributed by atoms with Gasteiger partial charge in [-0.15, -0.1) is 0 Å². The van der Waals surface area contributed by atoms with Crippen LogP contribution in [0.5, 0.6) is 0 Å². The molecule has 3 nitrogen and oxygen atoms in total. The third kappa shape index (κ3) is 4.12. The fourth-order valence-electron chi connectivity index (χ4n) is 2.53. The number of amides is 1. The molecule has 1 rings (SSSR count). The lowest BCUT2D eigenvalue weighted by Crippen LogP contribution is -2.36. The Balaban J connectivity index is 2.19. The van der Waals surface area contributed by atoms with E-state index in [0.29, 0.717) is 11.8 Å². The van der Waals surface area contributed by atoms with Crippen molar-refractivity contribution < 1.29 is 4.79 Å². The van der Waals surface area contributed by atoms with E-state index < -0.39 is 0 Å². The van der Waals surface area contributed by atoms with Gasteiger partial charge in [-0.1, -0.05) is 26.7 Å². The van der Waals surface area contributed by atoms with Crippen molar-refractivity contribution in [2.45, 2.75) is 52.4 Å². The van der Waals surface area contributed by atoms with Crippen molar-refractivity contribution in [2.24, 2.45) is 5.41 Å². The Morgan fingerprint density at radius 1 is 1.25 bits per heavy atom. The summed E-state index contributed by atoms with van der Waals surface area (Å²) in [6, 6.07) is 0. The van der Waals surface area contributed by atoms with Crippen LogP contribution in [0, 0.1) is 5.41 Å². The Labute approximate surface area is 99.4 Å². The number of hydrogen-bond acceptors (Lipinski definition) is 2. The van der Waals surface area contributed by atoms with Crippen molar-refractivity contribution in [3.63, 3.8) is 0 Å². The average Bonchev–Trinajstić information content (AvgIpc) is 2.76. The first kappa shape index (κ1) is 13.5. The summed E-state index contributed by atoms with van der Waals surface area (Å²) in [6.45, 7) is 6.92. The van der Waals surface area contributed by atoms with Gasteiger partial charge in [0.1, 0.15) is 0 Å². The molecule has 1 aliphatic rings. The lowest BCUT2D eigenvalue weighted by atomic mass is 9.83. The van der Waals surface area contributed by atoms with Crippen molar-refractivity contribution in [3.8, 4) is 0 Å². The third-order valence-corrected chi connectivity index (χ3v) is 3.85. The highest BCUT2D eigenvalue weighted by molar-refractivity contribution is 5.76. The van der Waals surface area contributed by atoms with Crippen LogP contribution in [-0.4, -0.2) is 25.5 Å². The Kier molecular flexibility index (Phi) is 5.81. The molecule has 1 fully saturated rings. The zero-order valence-electron chi connectivity index (χ0n) is 10.8. The minimum Gasteiger partial charge on any atom is -0.356 e. The molecule has 0 aliphatic heterocycles. The van der Waals surface area contributed by atoms with Gasteiger partial charge in [-0.2, -0.15) is 0 Å². The molecule has 3 heteroatoms. The highest BCUT2D eigenvalue weighted by atomic mass is 16.1. The zero-order chi connectivity index (χ0) is 11.9. The monoisotopic (exact) mass is 226 g/mol. The second-order valence-electron chi connectivity index (χ2n) is 4.94. The van der Waals surface area contributed by atoms with Gasteiger partial charge < -0.3 is 10.6 Å². The van der Waals surface area contributed by atoms with Gasteiger partial charge in [0, 0.05) is 19.5 Å². The van der Waals surface area contributed by atoms with E-state index in [1.807, 2.05) is 0 Å². The molecule has 0 unspecified atom stereocenters. The smallest absolute Gasteiger partial charge is 0.221 e. The summed E-state index contributed by atoms with van der Waals surface area (Å²) in [5, 5.41) is 6.27. The van der Waals surface area contributed by atoms with Gasteiger partial charge in [0.25, 0.3) is 0 Å². The lowest BCUT2D eigenvalue weighted by Gasteiger charge is -2.27. The maximum atomic E-state index is 11.6. The highest BCUT2D eigenvalue weighted by Gasteiger charge is 2.31. The molecule has 0 saturated heterocycles. The van der Waals surface area contributed by atoms with Crippen molar-refractivity contribution >= 4 is 5.91 Å². The molecule has 94 valence electrons. The summed E-state index contributed by atoms with van der Waals surface area (Å²) in [6.07, 6.45) is 7.05. The molecule has 1 aliphatic carbocycles. The molecule has 0 atom stereocenters. The minimum absolute atomic E-state index is 0.195. The van der Waals surface area contributed by atoms with E-state index in [0.717, 1.165) is 19.6 Å². The quantitative estimate of drug-likeness (QED) is 0.653. The van der Waals surface area contributed by atoms with E-state index in [1.165, 1.54) is 32.1 Å². The SMILES string of the molecule is CCNCCC(=O)NCC1(CC)CCCC1. The minimum atomic E-state index is 0.195. The van der Waals surface area contributed by atoms with Gasteiger partial charge in [-0.3, -0.25) is 4.79 Å². The second kappa shape index (κ2) is 6.89. The highest BCUT2D eigenvalue weighted by Crippen LogP contribution is 2.40. The van der Waals surface area contributed by atoms with Crippen molar-refractivity contribution in [3.05, 3.63) is 0 Å². The number of nitrogens with one attached hydrogen (secondary N) is 2. The molecule has 0 aromatic heterocycles. The first-order chi connectivity index (χ1) is 7.72. The van der Waals surface area contributed by atoms with E-state index in [1.54, 1.807) is 0 Å². The predicted molar refractivity (Wildman–Crippen MR) is 67.4 cm³/mol. The maximum absolute atomic E-state index is 11.6. The first-order valence-corrected chi connectivity index (χ1v) is 6.70. The molecule has 0 bridgehead atoms. The normalized spacial score (nSPS) is 18.6. The van der Waals surface area contributed by atoms with E-state index in [2.05, 4.69) is 24.5 Å². The van der Waals surface area contributed by atoms with Crippen LogP contribution in [0.15, 0.2) is 0 Å². The summed E-state index contributed by atoms with van der Waals surface area (Å²) in [4.78, 5) is 11.6. The average molecular weight is 226 g/mol. The molecule has 1 amide bonds. The molecule has 0 radical (unpaired) electrons. The largest absolute Gasteiger partial charge is 0.356 e. The molecule has 2 N–H and O–H groups in total. The predicted octanol–water partition coefficient (Wildman–Crippen LogP) is 2.07. The molecule has 16 heavy (non-hydrogen) atoms. The summed E-state index contributed by atoms with van der Waals surface area (Å²) < 4.78 is 0. The summed E-state index contributed by atoms with van der Waals surface area (Å²) >= 11 is 0. The lowest BCUT2D eigenvalue weighted by molar-refractivity contribution is -0.121. The molecule has 0 aromatic carbocycles. The van der Waals surface area contributed by atoms with Crippen LogP contribution in [0.2, 0.25) is 0 Å². The molecule has 0 heterocycles. The van der Waals surface area contributed by atoms with Gasteiger partial charge in [-0.05, 0) is 31.2 Å². The van der Waals surface area contributed by atoms with E-state index in [4.69, 9.17) is 0 Å². The van der Waals surface area contributed by atoms with Gasteiger partial charge in [0.05, 0.1) is 0 Å². The summed E-state index contributed by atoms with van der Waals surface area (Å²) in [5.41, 5.74) is 0.411. The van der Waals surface area contributed by atoms with Crippen LogP contribution in [0.1, 0.15) is 52.4 Å². The van der Waals surface area contributed by atoms with Gasteiger partial charge in [-0.25, -0.2) is 0 Å². The third-order valence-electron chi connectivity index (χ3n) is 3.85. The van der Waals surface area contributed by atoms with Gasteiger partial charge in [0.15, 0.2) is 0 Å². The fourth-order valence-corrected chi connectivity index (χ4v) is 2.53. The molecule has 0 spiro atoms. The number of carbonyl (C=O) groups is 1. The Hall–Kier alpha value is -0.570. The Morgan fingerprint density at radius 2 is 1.94 bits per heavy atom. The van der Waals surface area contributed by atoms with E-state index in [9.17, 15) is 4.79 Å². The summed E-state index contributed by atoms with van der Waals surface area (Å²) in [7, 11) is 0. The van der Waals surface area contributed by atoms with E-state index in [-0.39, 0.29) is 5.91 Å². The number of hydrogen-bond donors (Lipinski definition) is 2. The van der Waals surface area contributed by atoms with Crippen LogP contribution in [0.25, 0.3) is 0 Å². The van der Waals surface area contributed by atoms with Gasteiger partial charge in [0.2, 0.25) is 5.91 Å². The van der Waals surface area contributed by atoms with Gasteiger partial charge >= 0.3 is 0 Å². The van der Waals surface area contributed by atoms with Crippen molar-refractivity contribution in [1.29, 1.82) is 0 Å². The molecule has 1 saturated carbocycles. The fraction of sp³-hybridized carbons (Fsp3) is 0.923. The topological polar surface area (TPSA) is 41.1 Å². The first-order valence-electron chi connectivity index (χ1n) is 6.70. The van der Waals surface area contributed by atoms with Crippen LogP contribution in [-0.2, 0) is 4.79 Å². The molecule has 0 aromatic rings. The Morgan fingerprint density at radius 3 is 2.50 bits per heavy atom. The second-order valence-corrected chi connectivity index (χ2v) is 4.94. The number of carbonyl (C=O) groups excluding carboxylic acids is 1. The number of rotatable bonds is 7. The van der Waals surface area contributed by atoms with Crippen LogP contribution in [0.4, 0.5) is 0 Å². The standard InChI is InChI=1S/C13H26N2O/c1-3-13(8-5-6-9-13)11-15-12(16)7-10-14-4-2/h14H,3-11H2,1-2H3,(H,15,16). The van der Waals surface area contributed by atoms with Crippen LogP contribution < -0.4 is 10.6 Å². The zero-order valence-corrected chi connectivity index (χ0v) is 10.8. The maximum Gasteiger partial charge on any atom is 0.221 e. The van der Waals surface area contributed by atoms with Crippen LogP contribution in [0.3, 0.4) is 0 Å².